The third-order valence-corrected chi connectivity index (χ3v) is 5.43. The van der Waals surface area contributed by atoms with E-state index in [1.165, 1.54) is 11.7 Å². The number of carbonyl (C=O) groups excluding carboxylic acids is 2. The second-order valence-electron chi connectivity index (χ2n) is 7.94. The lowest BCUT2D eigenvalue weighted by Crippen LogP contribution is -2.44. The molecular weight excluding hydrogens is 454 g/mol. The number of aryl methyl sites for hydroxylation is 1. The minimum absolute atomic E-state index is 0.0383. The maximum Gasteiger partial charge on any atom is 0.339 e. The van der Waals surface area contributed by atoms with Crippen LogP contribution < -0.4 is 21.9 Å². The van der Waals surface area contributed by atoms with Gasteiger partial charge in [-0.3, -0.25) is 29.0 Å². The molecule has 0 unspecified atom stereocenters. The van der Waals surface area contributed by atoms with Crippen LogP contribution in [-0.2, 0) is 20.8 Å². The van der Waals surface area contributed by atoms with E-state index in [0.717, 1.165) is 11.3 Å². The molecule has 0 aliphatic carbocycles. The molecule has 2 heterocycles. The molecule has 11 nitrogen and oxygen atoms in total. The molecule has 1 aromatic carbocycles. The number of ether oxygens (including phenoxy) is 2. The summed E-state index contributed by atoms with van der Waals surface area (Å²) in [6, 6.07) is 8.69. The van der Waals surface area contributed by atoms with E-state index in [0.29, 0.717) is 23.0 Å². The zero-order valence-corrected chi connectivity index (χ0v) is 20.0. The fourth-order valence-corrected chi connectivity index (χ4v) is 3.68. The molecule has 0 saturated heterocycles. The number of esters is 1. The van der Waals surface area contributed by atoms with E-state index in [1.54, 1.807) is 31.2 Å². The van der Waals surface area contributed by atoms with Gasteiger partial charge in [-0.2, -0.15) is 0 Å². The van der Waals surface area contributed by atoms with Gasteiger partial charge in [0.05, 0.1) is 17.7 Å². The Morgan fingerprint density at radius 3 is 2.69 bits per heavy atom. The summed E-state index contributed by atoms with van der Waals surface area (Å²) >= 11 is 0. The Morgan fingerprint density at radius 2 is 1.97 bits per heavy atom. The summed E-state index contributed by atoms with van der Waals surface area (Å²) in [5, 5.41) is 0.593. The normalized spacial score (nSPS) is 10.9. The standard InChI is InChI=1S/C24H29N5O6/c1-4-5-10-29-21(25)20(22(31)27-24(29)33)28(11-12-34-3)19(30)14-35-23(32)17-13-15(2)26-18-9-7-6-8-16(17)18/h6-9,13H,4-5,10-12,14,25H2,1-3H3,(H,27,31,33). The summed E-state index contributed by atoms with van der Waals surface area (Å²) in [7, 11) is 1.44. The molecule has 0 aliphatic rings. The van der Waals surface area contributed by atoms with Crippen LogP contribution in [0.3, 0.4) is 0 Å². The first-order valence-corrected chi connectivity index (χ1v) is 11.2. The number of benzene rings is 1. The zero-order valence-electron chi connectivity index (χ0n) is 20.0. The number of aromatic amines is 1. The number of anilines is 2. The molecule has 11 heteroatoms. The van der Waals surface area contributed by atoms with Crippen molar-refractivity contribution in [1.29, 1.82) is 0 Å². The molecule has 3 aromatic rings. The molecule has 0 saturated carbocycles. The molecule has 3 rings (SSSR count). The molecule has 0 bridgehead atoms. The van der Waals surface area contributed by atoms with Crippen molar-refractivity contribution in [2.45, 2.75) is 33.2 Å². The van der Waals surface area contributed by atoms with Gasteiger partial charge in [0.2, 0.25) is 0 Å². The van der Waals surface area contributed by atoms with Crippen LogP contribution in [0.1, 0.15) is 35.8 Å². The van der Waals surface area contributed by atoms with E-state index < -0.39 is 29.7 Å². The molecule has 3 N–H and O–H groups in total. The van der Waals surface area contributed by atoms with Crippen LogP contribution >= 0.6 is 0 Å². The van der Waals surface area contributed by atoms with Crippen molar-refractivity contribution in [3.8, 4) is 0 Å². The summed E-state index contributed by atoms with van der Waals surface area (Å²) < 4.78 is 11.6. The Bertz CT molecular complexity index is 1350. The Morgan fingerprint density at radius 1 is 1.23 bits per heavy atom. The Balaban J connectivity index is 1.89. The fraction of sp³-hybridized carbons (Fsp3) is 0.375. The number of para-hydroxylation sites is 1. The van der Waals surface area contributed by atoms with Gasteiger partial charge in [-0.15, -0.1) is 0 Å². The lowest BCUT2D eigenvalue weighted by molar-refractivity contribution is -0.121. The average molecular weight is 484 g/mol. The van der Waals surface area contributed by atoms with Gasteiger partial charge in [0.25, 0.3) is 11.5 Å². The summed E-state index contributed by atoms with van der Waals surface area (Å²) in [6.07, 6.45) is 1.45. The third kappa shape index (κ3) is 5.75. The van der Waals surface area contributed by atoms with E-state index >= 15 is 0 Å². The van der Waals surface area contributed by atoms with Gasteiger partial charge in [0.15, 0.2) is 12.3 Å². The summed E-state index contributed by atoms with van der Waals surface area (Å²) in [5.41, 5.74) is 6.02. The highest BCUT2D eigenvalue weighted by Gasteiger charge is 2.25. The lowest BCUT2D eigenvalue weighted by Gasteiger charge is -2.24. The summed E-state index contributed by atoms with van der Waals surface area (Å²) in [5.74, 6) is -1.54. The molecule has 186 valence electrons. The molecule has 2 aromatic heterocycles. The zero-order chi connectivity index (χ0) is 25.5. The number of nitrogens with two attached hydrogens (primary N) is 1. The smallest absolute Gasteiger partial charge is 0.339 e. The fourth-order valence-electron chi connectivity index (χ4n) is 3.68. The SMILES string of the molecule is CCCCn1c(N)c(N(CCOC)C(=O)COC(=O)c2cc(C)nc3ccccc23)c(=O)[nH]c1=O. The highest BCUT2D eigenvalue weighted by atomic mass is 16.5. The van der Waals surface area contributed by atoms with Gasteiger partial charge in [0, 0.05) is 31.3 Å². The first kappa shape index (κ1) is 25.6. The Kier molecular flexibility index (Phi) is 8.37. The number of unbranched alkanes of at least 4 members (excludes halogenated alkanes) is 1. The topological polar surface area (TPSA) is 150 Å². The number of hydrogen-bond acceptors (Lipinski definition) is 8. The highest BCUT2D eigenvalue weighted by molar-refractivity contribution is 6.05. The molecular formula is C24H29N5O6. The van der Waals surface area contributed by atoms with E-state index in [-0.39, 0.29) is 36.8 Å². The predicted molar refractivity (Wildman–Crippen MR) is 132 cm³/mol. The Hall–Kier alpha value is -3.99. The quantitative estimate of drug-likeness (QED) is 0.413. The molecule has 0 aliphatic heterocycles. The maximum absolute atomic E-state index is 13.1. The summed E-state index contributed by atoms with van der Waals surface area (Å²) in [4.78, 5) is 58.5. The largest absolute Gasteiger partial charge is 0.452 e. The van der Waals surface area contributed by atoms with Gasteiger partial charge in [-0.05, 0) is 25.5 Å². The van der Waals surface area contributed by atoms with Crippen LogP contribution in [-0.4, -0.2) is 53.3 Å². The van der Waals surface area contributed by atoms with Crippen molar-refractivity contribution in [2.75, 3.05) is 37.5 Å². The number of nitrogens with zero attached hydrogens (tertiary/aromatic N) is 3. The number of methoxy groups -OCH3 is 1. The van der Waals surface area contributed by atoms with E-state index in [1.807, 2.05) is 13.0 Å². The van der Waals surface area contributed by atoms with Crippen LogP contribution in [0, 0.1) is 6.92 Å². The molecule has 0 radical (unpaired) electrons. The molecule has 35 heavy (non-hydrogen) atoms. The van der Waals surface area contributed by atoms with Gasteiger partial charge in [0.1, 0.15) is 5.82 Å². The lowest BCUT2D eigenvalue weighted by atomic mass is 10.1. The van der Waals surface area contributed by atoms with Crippen molar-refractivity contribution in [1.82, 2.24) is 14.5 Å². The maximum atomic E-state index is 13.1. The second kappa shape index (κ2) is 11.4. The number of rotatable bonds is 10. The van der Waals surface area contributed by atoms with Crippen molar-refractivity contribution in [3.05, 3.63) is 62.4 Å². The molecule has 0 atom stereocenters. The number of H-pyrrole nitrogens is 1. The molecule has 0 spiro atoms. The van der Waals surface area contributed by atoms with E-state index in [9.17, 15) is 19.2 Å². The van der Waals surface area contributed by atoms with Gasteiger partial charge in [-0.1, -0.05) is 31.5 Å². The van der Waals surface area contributed by atoms with Gasteiger partial charge in [-0.25, -0.2) is 9.59 Å². The number of nitrogens with one attached hydrogen (secondary N) is 1. The van der Waals surface area contributed by atoms with Crippen molar-refractivity contribution in [3.63, 3.8) is 0 Å². The monoisotopic (exact) mass is 483 g/mol. The summed E-state index contributed by atoms with van der Waals surface area (Å²) in [6.45, 7) is 3.38. The van der Waals surface area contributed by atoms with Crippen molar-refractivity contribution < 1.29 is 19.1 Å². The second-order valence-corrected chi connectivity index (χ2v) is 7.94. The number of pyridine rings is 1. The van der Waals surface area contributed by atoms with Crippen molar-refractivity contribution in [2.24, 2.45) is 0 Å². The van der Waals surface area contributed by atoms with Gasteiger partial charge < -0.3 is 15.2 Å². The van der Waals surface area contributed by atoms with E-state index in [4.69, 9.17) is 15.2 Å². The Labute approximate surface area is 201 Å². The van der Waals surface area contributed by atoms with Gasteiger partial charge >= 0.3 is 11.7 Å². The van der Waals surface area contributed by atoms with Crippen LogP contribution in [0.4, 0.5) is 11.5 Å². The number of nitrogen functional groups attached to an aromatic ring is 1. The number of amides is 1. The number of hydrogen-bond donors (Lipinski definition) is 2. The first-order valence-electron chi connectivity index (χ1n) is 11.2. The number of carbonyl (C=O) groups is 2. The average Bonchev–Trinajstić information content (AvgIpc) is 2.83. The van der Waals surface area contributed by atoms with Crippen LogP contribution in [0.2, 0.25) is 0 Å². The van der Waals surface area contributed by atoms with Crippen LogP contribution in [0.5, 0.6) is 0 Å². The first-order chi connectivity index (χ1) is 16.8. The van der Waals surface area contributed by atoms with Crippen LogP contribution in [0.15, 0.2) is 39.9 Å². The number of fused-ring (bicyclic) bond motifs is 1. The molecule has 0 fully saturated rings. The highest BCUT2D eigenvalue weighted by Crippen LogP contribution is 2.20. The molecule has 1 amide bonds. The minimum Gasteiger partial charge on any atom is -0.452 e. The number of aromatic nitrogens is 3. The third-order valence-electron chi connectivity index (χ3n) is 5.43. The van der Waals surface area contributed by atoms with E-state index in [2.05, 4.69) is 9.97 Å². The van der Waals surface area contributed by atoms with Crippen molar-refractivity contribution >= 4 is 34.3 Å². The predicted octanol–water partition coefficient (Wildman–Crippen LogP) is 1.61. The van der Waals surface area contributed by atoms with Crippen LogP contribution in [0.25, 0.3) is 10.9 Å². The minimum atomic E-state index is -0.813.